The Balaban J connectivity index is 1.75. The van der Waals surface area contributed by atoms with Crippen molar-refractivity contribution in [2.45, 2.75) is 25.5 Å². The van der Waals surface area contributed by atoms with Crippen LogP contribution in [0.4, 0.5) is 0 Å². The van der Waals surface area contributed by atoms with Crippen molar-refractivity contribution in [3.63, 3.8) is 0 Å². The van der Waals surface area contributed by atoms with Crippen molar-refractivity contribution in [2.75, 3.05) is 26.1 Å². The summed E-state index contributed by atoms with van der Waals surface area (Å²) in [4.78, 5) is 12.6. The summed E-state index contributed by atoms with van der Waals surface area (Å²) in [5.41, 5.74) is 2.81. The van der Waals surface area contributed by atoms with Crippen molar-refractivity contribution in [3.05, 3.63) is 59.7 Å². The van der Waals surface area contributed by atoms with Crippen LogP contribution in [0.5, 0.6) is 5.75 Å². The SMILES string of the molecule is CCOc1ccc(C(=O)CSc2nnc(-c3cccc(C)c3)n2CCOC)cc1. The number of aromatic nitrogens is 3. The third-order valence-electron chi connectivity index (χ3n) is 4.33. The fourth-order valence-corrected chi connectivity index (χ4v) is 3.75. The Bertz CT molecular complexity index is 954. The fraction of sp³-hybridized carbons (Fsp3) is 0.318. The van der Waals surface area contributed by atoms with Gasteiger partial charge in [-0.05, 0) is 44.2 Å². The Hall–Kier alpha value is -2.64. The lowest BCUT2D eigenvalue weighted by Gasteiger charge is -2.10. The molecule has 3 aromatic rings. The third-order valence-corrected chi connectivity index (χ3v) is 5.30. The van der Waals surface area contributed by atoms with Crippen molar-refractivity contribution in [3.8, 4) is 17.1 Å². The number of hydrogen-bond acceptors (Lipinski definition) is 6. The summed E-state index contributed by atoms with van der Waals surface area (Å²) in [6.07, 6.45) is 0. The molecule has 0 fully saturated rings. The van der Waals surface area contributed by atoms with Crippen molar-refractivity contribution in [1.82, 2.24) is 14.8 Å². The zero-order chi connectivity index (χ0) is 20.6. The molecule has 3 rings (SSSR count). The van der Waals surface area contributed by atoms with Crippen molar-refractivity contribution >= 4 is 17.5 Å². The first-order valence-corrected chi connectivity index (χ1v) is 10.5. The number of methoxy groups -OCH3 is 1. The highest BCUT2D eigenvalue weighted by molar-refractivity contribution is 7.99. The number of aryl methyl sites for hydroxylation is 1. The first kappa shape index (κ1) is 21.1. The highest BCUT2D eigenvalue weighted by Crippen LogP contribution is 2.25. The molecular weight excluding hydrogens is 386 g/mol. The van der Waals surface area contributed by atoms with Gasteiger partial charge in [-0.15, -0.1) is 10.2 Å². The maximum absolute atomic E-state index is 12.6. The minimum Gasteiger partial charge on any atom is -0.494 e. The van der Waals surface area contributed by atoms with E-state index in [1.54, 1.807) is 19.2 Å². The van der Waals surface area contributed by atoms with Crippen LogP contribution in [0, 0.1) is 6.92 Å². The monoisotopic (exact) mass is 411 g/mol. The summed E-state index contributed by atoms with van der Waals surface area (Å²) in [5, 5.41) is 9.41. The molecule has 0 N–H and O–H groups in total. The number of benzene rings is 2. The van der Waals surface area contributed by atoms with Crippen LogP contribution < -0.4 is 4.74 Å². The van der Waals surface area contributed by atoms with Crippen molar-refractivity contribution in [1.29, 1.82) is 0 Å². The summed E-state index contributed by atoms with van der Waals surface area (Å²) in [7, 11) is 1.67. The largest absolute Gasteiger partial charge is 0.494 e. The first-order valence-electron chi connectivity index (χ1n) is 9.50. The van der Waals surface area contributed by atoms with Gasteiger partial charge in [-0.25, -0.2) is 0 Å². The molecule has 1 heterocycles. The van der Waals surface area contributed by atoms with Gasteiger partial charge in [-0.2, -0.15) is 0 Å². The molecule has 6 nitrogen and oxygen atoms in total. The zero-order valence-corrected chi connectivity index (χ0v) is 17.7. The Kier molecular flexibility index (Phi) is 7.43. The Morgan fingerprint density at radius 3 is 2.62 bits per heavy atom. The summed E-state index contributed by atoms with van der Waals surface area (Å²) in [5.74, 6) is 1.87. The van der Waals surface area contributed by atoms with Gasteiger partial charge >= 0.3 is 0 Å². The zero-order valence-electron chi connectivity index (χ0n) is 16.9. The predicted molar refractivity (Wildman–Crippen MR) is 115 cm³/mol. The number of hydrogen-bond donors (Lipinski definition) is 0. The molecule has 0 aliphatic carbocycles. The van der Waals surface area contributed by atoms with Gasteiger partial charge in [0.25, 0.3) is 0 Å². The number of carbonyl (C=O) groups is 1. The average molecular weight is 412 g/mol. The first-order chi connectivity index (χ1) is 14.1. The molecule has 7 heteroatoms. The molecule has 0 atom stereocenters. The van der Waals surface area contributed by atoms with Gasteiger partial charge in [-0.3, -0.25) is 9.36 Å². The topological polar surface area (TPSA) is 66.2 Å². The van der Waals surface area contributed by atoms with Crippen LogP contribution in [-0.4, -0.2) is 46.6 Å². The van der Waals surface area contributed by atoms with E-state index in [1.807, 2.05) is 48.7 Å². The molecule has 0 radical (unpaired) electrons. The molecule has 152 valence electrons. The van der Waals surface area contributed by atoms with Gasteiger partial charge in [-0.1, -0.05) is 35.5 Å². The highest BCUT2D eigenvalue weighted by atomic mass is 32.2. The molecule has 1 aromatic heterocycles. The Morgan fingerprint density at radius 1 is 1.14 bits per heavy atom. The van der Waals surface area contributed by atoms with Crippen LogP contribution in [0.1, 0.15) is 22.8 Å². The second-order valence-corrected chi connectivity index (χ2v) is 7.43. The van der Waals surface area contributed by atoms with E-state index in [4.69, 9.17) is 9.47 Å². The number of carbonyl (C=O) groups excluding carboxylic acids is 1. The quantitative estimate of drug-likeness (QED) is 0.367. The second kappa shape index (κ2) is 10.2. The summed E-state index contributed by atoms with van der Waals surface area (Å²) < 4.78 is 12.7. The number of thioether (sulfide) groups is 1. The van der Waals surface area contributed by atoms with Gasteiger partial charge in [0.15, 0.2) is 16.8 Å². The van der Waals surface area contributed by atoms with E-state index in [-0.39, 0.29) is 11.5 Å². The van der Waals surface area contributed by atoms with E-state index in [9.17, 15) is 4.79 Å². The second-order valence-electron chi connectivity index (χ2n) is 6.49. The van der Waals surface area contributed by atoms with E-state index < -0.39 is 0 Å². The minimum atomic E-state index is 0.0384. The molecule has 0 amide bonds. The average Bonchev–Trinajstić information content (AvgIpc) is 3.14. The number of Topliss-reactive ketones (excluding diaryl/α,β-unsaturated/α-hetero) is 1. The van der Waals surface area contributed by atoms with E-state index in [0.717, 1.165) is 22.7 Å². The van der Waals surface area contributed by atoms with Gasteiger partial charge in [0.2, 0.25) is 0 Å². The van der Waals surface area contributed by atoms with Crippen LogP contribution >= 0.6 is 11.8 Å². The normalized spacial score (nSPS) is 10.9. The van der Waals surface area contributed by atoms with Gasteiger partial charge in [0.1, 0.15) is 5.75 Å². The van der Waals surface area contributed by atoms with Crippen LogP contribution in [0.25, 0.3) is 11.4 Å². The highest BCUT2D eigenvalue weighted by Gasteiger charge is 2.16. The molecule has 0 saturated carbocycles. The van der Waals surface area contributed by atoms with E-state index in [2.05, 4.69) is 16.3 Å². The van der Waals surface area contributed by atoms with Gasteiger partial charge in [0, 0.05) is 18.2 Å². The molecule has 0 saturated heterocycles. The fourth-order valence-electron chi connectivity index (χ4n) is 2.89. The van der Waals surface area contributed by atoms with Crippen LogP contribution in [0.2, 0.25) is 0 Å². The minimum absolute atomic E-state index is 0.0384. The lowest BCUT2D eigenvalue weighted by Crippen LogP contribution is -2.09. The van der Waals surface area contributed by atoms with E-state index in [1.165, 1.54) is 11.8 Å². The molecule has 0 aliphatic rings. The van der Waals surface area contributed by atoms with Gasteiger partial charge < -0.3 is 9.47 Å². The molecule has 29 heavy (non-hydrogen) atoms. The maximum atomic E-state index is 12.6. The molecule has 0 spiro atoms. The number of ketones is 1. The smallest absolute Gasteiger partial charge is 0.192 e. The molecule has 0 bridgehead atoms. The molecular formula is C22H25N3O3S. The summed E-state index contributed by atoms with van der Waals surface area (Å²) in [6.45, 7) is 5.73. The number of rotatable bonds is 10. The third kappa shape index (κ3) is 5.46. The maximum Gasteiger partial charge on any atom is 0.192 e. The van der Waals surface area contributed by atoms with E-state index in [0.29, 0.717) is 30.5 Å². The summed E-state index contributed by atoms with van der Waals surface area (Å²) >= 11 is 1.39. The lowest BCUT2D eigenvalue weighted by atomic mass is 10.1. The molecule has 2 aromatic carbocycles. The number of ether oxygens (including phenoxy) is 2. The Labute approximate surface area is 175 Å². The lowest BCUT2D eigenvalue weighted by molar-refractivity contribution is 0.102. The molecule has 0 unspecified atom stereocenters. The molecule has 0 aliphatic heterocycles. The standard InChI is InChI=1S/C22H25N3O3S/c1-4-28-19-10-8-17(9-11-19)20(26)15-29-22-24-23-21(25(22)12-13-27-3)18-7-5-6-16(2)14-18/h5-11,14H,4,12-13,15H2,1-3H3. The van der Waals surface area contributed by atoms with E-state index >= 15 is 0 Å². The van der Waals surface area contributed by atoms with Crippen molar-refractivity contribution < 1.29 is 14.3 Å². The predicted octanol–water partition coefficient (Wildman–Crippen LogP) is 4.27. The number of nitrogens with zero attached hydrogens (tertiary/aromatic N) is 3. The van der Waals surface area contributed by atoms with Crippen molar-refractivity contribution in [2.24, 2.45) is 0 Å². The summed E-state index contributed by atoms with van der Waals surface area (Å²) in [6, 6.07) is 15.4. The van der Waals surface area contributed by atoms with Crippen LogP contribution in [0.3, 0.4) is 0 Å². The van der Waals surface area contributed by atoms with Crippen LogP contribution in [0.15, 0.2) is 53.7 Å². The van der Waals surface area contributed by atoms with Crippen LogP contribution in [-0.2, 0) is 11.3 Å². The Morgan fingerprint density at radius 2 is 1.93 bits per heavy atom. The van der Waals surface area contributed by atoms with Gasteiger partial charge in [0.05, 0.1) is 25.5 Å².